The Hall–Kier alpha value is -2.99. The van der Waals surface area contributed by atoms with Gasteiger partial charge < -0.3 is 9.47 Å². The molecule has 0 aromatic heterocycles. The topological polar surface area (TPSA) is 47.9 Å². The summed E-state index contributed by atoms with van der Waals surface area (Å²) in [5.41, 5.74) is 1.36. The van der Waals surface area contributed by atoms with E-state index in [9.17, 15) is 4.79 Å². The fourth-order valence-corrected chi connectivity index (χ4v) is 3.68. The van der Waals surface area contributed by atoms with Gasteiger partial charge in [-0.2, -0.15) is 0 Å². The number of unbranched alkanes of at least 4 members (excludes halogenated alkanes) is 1. The van der Waals surface area contributed by atoms with Gasteiger partial charge in [0.25, 0.3) is 0 Å². The number of carbonyl (C=O) groups excluding carboxylic acids is 1. The third-order valence-corrected chi connectivity index (χ3v) is 5.64. The molecule has 0 saturated carbocycles. The summed E-state index contributed by atoms with van der Waals surface area (Å²) in [4.78, 5) is 17.4. The summed E-state index contributed by atoms with van der Waals surface area (Å²) >= 11 is 3.45. The minimum absolute atomic E-state index is 0.0415. The first-order valence-electron chi connectivity index (χ1n) is 10.5. The molecule has 3 aromatic rings. The zero-order valence-corrected chi connectivity index (χ0v) is 19.7. The van der Waals surface area contributed by atoms with E-state index >= 15 is 4.39 Å². The number of aliphatic imine (C=N–C) groups is 1. The van der Waals surface area contributed by atoms with Crippen LogP contribution in [0.2, 0.25) is 0 Å². The normalized spacial score (nSPS) is 11.0. The Morgan fingerprint density at radius 1 is 1.09 bits per heavy atom. The molecular formula is C26H25BrFNO3. The molecule has 0 unspecified atom stereocenters. The van der Waals surface area contributed by atoms with Crippen molar-refractivity contribution in [3.05, 3.63) is 93.2 Å². The van der Waals surface area contributed by atoms with E-state index in [4.69, 9.17) is 9.47 Å². The van der Waals surface area contributed by atoms with Crippen molar-refractivity contribution in [2.75, 3.05) is 6.54 Å². The van der Waals surface area contributed by atoms with E-state index in [1.807, 2.05) is 36.4 Å². The van der Waals surface area contributed by atoms with Gasteiger partial charge in [-0.1, -0.05) is 61.9 Å². The monoisotopic (exact) mass is 497 g/mol. The van der Waals surface area contributed by atoms with Gasteiger partial charge in [0, 0.05) is 23.9 Å². The number of hydrogen-bond acceptors (Lipinski definition) is 4. The lowest BCUT2D eigenvalue weighted by Gasteiger charge is -2.18. The molecule has 0 aliphatic rings. The Morgan fingerprint density at radius 2 is 1.75 bits per heavy atom. The van der Waals surface area contributed by atoms with Crippen LogP contribution in [0.3, 0.4) is 0 Å². The number of halogens is 2. The highest BCUT2D eigenvalue weighted by atomic mass is 79.9. The van der Waals surface area contributed by atoms with Crippen molar-refractivity contribution in [2.45, 2.75) is 33.3 Å². The minimum atomic E-state index is -0.689. The second-order valence-corrected chi connectivity index (χ2v) is 8.03. The number of para-hydroxylation sites is 1. The third-order valence-electron chi connectivity index (χ3n) is 4.85. The van der Waals surface area contributed by atoms with E-state index in [0.717, 1.165) is 18.4 Å². The summed E-state index contributed by atoms with van der Waals surface area (Å²) in [6.45, 7) is 4.42. The van der Waals surface area contributed by atoms with Crippen molar-refractivity contribution in [3.63, 3.8) is 0 Å². The van der Waals surface area contributed by atoms with Gasteiger partial charge in [0.1, 0.15) is 29.5 Å². The summed E-state index contributed by atoms with van der Waals surface area (Å²) in [6.07, 6.45) is 3.40. The van der Waals surface area contributed by atoms with Crippen molar-refractivity contribution in [1.29, 1.82) is 0 Å². The molecule has 0 amide bonds. The zero-order valence-electron chi connectivity index (χ0n) is 18.1. The third kappa shape index (κ3) is 5.82. The van der Waals surface area contributed by atoms with Crippen LogP contribution < -0.4 is 9.47 Å². The summed E-state index contributed by atoms with van der Waals surface area (Å²) in [7, 11) is 0. The smallest absolute Gasteiger partial charge is 0.347 e. The van der Waals surface area contributed by atoms with Crippen LogP contribution in [0, 0.1) is 12.7 Å². The molecule has 4 nitrogen and oxygen atoms in total. The molecule has 0 radical (unpaired) electrons. The van der Waals surface area contributed by atoms with E-state index in [1.54, 1.807) is 31.2 Å². The molecule has 3 rings (SSSR count). The second-order valence-electron chi connectivity index (χ2n) is 7.24. The molecule has 0 bridgehead atoms. The molecule has 0 atom stereocenters. The zero-order chi connectivity index (χ0) is 22.9. The predicted octanol–water partition coefficient (Wildman–Crippen LogP) is 6.91. The Balaban J connectivity index is 2.02. The van der Waals surface area contributed by atoms with Gasteiger partial charge in [0.05, 0.1) is 4.47 Å². The quantitative estimate of drug-likeness (QED) is 0.139. The average Bonchev–Trinajstić information content (AvgIpc) is 2.81. The summed E-state index contributed by atoms with van der Waals surface area (Å²) < 4.78 is 27.2. The number of rotatable bonds is 9. The Bertz CT molecular complexity index is 1090. The molecule has 6 heteroatoms. The van der Waals surface area contributed by atoms with Gasteiger partial charge in [-0.05, 0) is 47.0 Å². The van der Waals surface area contributed by atoms with E-state index < -0.39 is 11.8 Å². The lowest BCUT2D eigenvalue weighted by molar-refractivity contribution is 0.0728. The highest BCUT2D eigenvalue weighted by Gasteiger charge is 2.27. The van der Waals surface area contributed by atoms with Gasteiger partial charge >= 0.3 is 5.97 Å². The number of carbonyl (C=O) groups is 1. The van der Waals surface area contributed by atoms with Gasteiger partial charge in [0.15, 0.2) is 0 Å². The number of nitrogens with zero attached hydrogens (tertiary/aromatic N) is 1. The van der Waals surface area contributed by atoms with Gasteiger partial charge in [-0.15, -0.1) is 0 Å². The molecule has 0 aliphatic heterocycles. The molecular weight excluding hydrogens is 473 g/mol. The summed E-state index contributed by atoms with van der Waals surface area (Å²) in [5, 5.41) is 0. The van der Waals surface area contributed by atoms with Crippen LogP contribution in [0.5, 0.6) is 11.5 Å². The molecule has 0 heterocycles. The van der Waals surface area contributed by atoms with Crippen LogP contribution in [0.4, 0.5) is 4.39 Å². The lowest BCUT2D eigenvalue weighted by atomic mass is 10.0. The van der Waals surface area contributed by atoms with Crippen LogP contribution in [0.15, 0.2) is 70.1 Å². The minimum Gasteiger partial charge on any atom is -0.487 e. The van der Waals surface area contributed by atoms with Crippen molar-refractivity contribution in [2.24, 2.45) is 4.99 Å². The molecule has 0 saturated heterocycles. The largest absolute Gasteiger partial charge is 0.487 e. The molecule has 166 valence electrons. The first kappa shape index (κ1) is 23.7. The number of hydrogen-bond donors (Lipinski definition) is 0. The molecule has 0 fully saturated rings. The van der Waals surface area contributed by atoms with E-state index in [0.29, 0.717) is 16.8 Å². The van der Waals surface area contributed by atoms with E-state index in [1.165, 1.54) is 6.21 Å². The first-order valence-corrected chi connectivity index (χ1v) is 11.3. The van der Waals surface area contributed by atoms with Gasteiger partial charge in [-0.3, -0.25) is 4.99 Å². The molecule has 0 aliphatic carbocycles. The maximum Gasteiger partial charge on any atom is 0.347 e. The van der Waals surface area contributed by atoms with Crippen LogP contribution in [0.1, 0.15) is 46.8 Å². The van der Waals surface area contributed by atoms with Crippen LogP contribution in [0.25, 0.3) is 0 Å². The molecule has 32 heavy (non-hydrogen) atoms. The van der Waals surface area contributed by atoms with E-state index in [2.05, 4.69) is 27.8 Å². The first-order chi connectivity index (χ1) is 15.5. The highest BCUT2D eigenvalue weighted by molar-refractivity contribution is 9.10. The standard InChI is InChI=1S/C26H25BrFNO3/c1-3-4-15-29-16-21-23(27)25(31-17-19-11-7-5-8-12-19)22(18(2)24(21)28)26(30)32-20-13-9-6-10-14-20/h5-14,16H,3-4,15,17H2,1-2H3. The Morgan fingerprint density at radius 3 is 2.41 bits per heavy atom. The van der Waals surface area contributed by atoms with Crippen molar-refractivity contribution in [3.8, 4) is 11.5 Å². The maximum atomic E-state index is 15.3. The highest BCUT2D eigenvalue weighted by Crippen LogP contribution is 2.38. The number of ether oxygens (including phenoxy) is 2. The molecule has 0 N–H and O–H groups in total. The maximum absolute atomic E-state index is 15.3. The number of esters is 1. The van der Waals surface area contributed by atoms with Crippen molar-refractivity contribution < 1.29 is 18.7 Å². The predicted molar refractivity (Wildman–Crippen MR) is 128 cm³/mol. The average molecular weight is 498 g/mol. The number of benzene rings is 3. The van der Waals surface area contributed by atoms with Crippen LogP contribution in [-0.4, -0.2) is 18.7 Å². The van der Waals surface area contributed by atoms with Crippen LogP contribution in [-0.2, 0) is 6.61 Å². The fourth-order valence-electron chi connectivity index (χ4n) is 3.09. The van der Waals surface area contributed by atoms with Gasteiger partial charge in [-0.25, -0.2) is 9.18 Å². The Kier molecular flexibility index (Phi) is 8.56. The summed E-state index contributed by atoms with van der Waals surface area (Å²) in [6, 6.07) is 18.2. The second kappa shape index (κ2) is 11.6. The van der Waals surface area contributed by atoms with Crippen molar-refractivity contribution >= 4 is 28.1 Å². The molecule has 3 aromatic carbocycles. The van der Waals surface area contributed by atoms with E-state index in [-0.39, 0.29) is 29.0 Å². The fraction of sp³-hybridized carbons (Fsp3) is 0.231. The SMILES string of the molecule is CCCCN=Cc1c(F)c(C)c(C(=O)Oc2ccccc2)c(OCc2ccccc2)c1Br. The van der Waals surface area contributed by atoms with Gasteiger partial charge in [0.2, 0.25) is 0 Å². The lowest BCUT2D eigenvalue weighted by Crippen LogP contribution is -2.16. The summed E-state index contributed by atoms with van der Waals surface area (Å²) in [5.74, 6) is -0.631. The van der Waals surface area contributed by atoms with Crippen LogP contribution >= 0.6 is 15.9 Å². The molecule has 0 spiro atoms. The Labute approximate surface area is 196 Å². The van der Waals surface area contributed by atoms with Crippen molar-refractivity contribution in [1.82, 2.24) is 0 Å².